The van der Waals surface area contributed by atoms with Crippen LogP contribution in [0.5, 0.6) is 0 Å². The van der Waals surface area contributed by atoms with Crippen molar-refractivity contribution in [2.75, 3.05) is 13.6 Å². The molecule has 0 aromatic rings. The smallest absolute Gasteiger partial charge is 0.303 e. The summed E-state index contributed by atoms with van der Waals surface area (Å²) < 4.78 is 0. The number of carbonyl (C=O) groups is 1. The molecule has 1 rings (SSSR count). The Bertz CT molecular complexity index is 242. The summed E-state index contributed by atoms with van der Waals surface area (Å²) in [6.07, 6.45) is 9.11. The van der Waals surface area contributed by atoms with Crippen molar-refractivity contribution in [1.29, 1.82) is 0 Å². The van der Waals surface area contributed by atoms with Gasteiger partial charge in [-0.25, -0.2) is 0 Å². The molecule has 1 unspecified atom stereocenters. The fraction of sp³-hybridized carbons (Fsp3) is 0.769. The van der Waals surface area contributed by atoms with E-state index in [0.717, 1.165) is 6.54 Å². The Morgan fingerprint density at radius 3 is 2.29 bits per heavy atom. The number of rotatable bonds is 5. The molecule has 17 heavy (non-hydrogen) atoms. The third-order valence-corrected chi connectivity index (χ3v) is 2.83. The summed E-state index contributed by atoms with van der Waals surface area (Å²) in [6.45, 7) is 7.18. The Labute approximate surface area is 105 Å². The zero-order valence-electron chi connectivity index (χ0n) is 11.5. The van der Waals surface area contributed by atoms with Crippen molar-refractivity contribution in [2.24, 2.45) is 0 Å². The minimum absolute atomic E-state index is 0.222. The van der Waals surface area contributed by atoms with E-state index in [2.05, 4.69) is 43.1 Å². The first-order valence-corrected chi connectivity index (χ1v) is 6.44. The van der Waals surface area contributed by atoms with Crippen LogP contribution in [0.25, 0.3) is 0 Å². The SMILES string of the molecule is CCC(=O)O.CCCCC1N(C)C=CN1CC. The standard InChI is InChI=1S/C10H20N2.C3H6O2/c1-4-6-7-10-11(3)8-9-12(10)5-2;1-2-3(4)5/h8-10H,4-7H2,1-3H3;2H2,1H3,(H,4,5). The van der Waals surface area contributed by atoms with Crippen molar-refractivity contribution in [1.82, 2.24) is 9.80 Å². The van der Waals surface area contributed by atoms with Crippen molar-refractivity contribution >= 4 is 5.97 Å². The summed E-state index contributed by atoms with van der Waals surface area (Å²) in [5, 5.41) is 7.72. The van der Waals surface area contributed by atoms with Gasteiger partial charge in [-0.15, -0.1) is 0 Å². The molecule has 0 saturated carbocycles. The predicted octanol–water partition coefficient (Wildman–Crippen LogP) is 2.72. The van der Waals surface area contributed by atoms with Crippen molar-refractivity contribution in [3.63, 3.8) is 0 Å². The van der Waals surface area contributed by atoms with Crippen molar-refractivity contribution in [2.45, 2.75) is 52.6 Å². The molecule has 0 bridgehead atoms. The van der Waals surface area contributed by atoms with Crippen LogP contribution in [0, 0.1) is 0 Å². The van der Waals surface area contributed by atoms with Crippen LogP contribution in [0.3, 0.4) is 0 Å². The molecule has 1 heterocycles. The topological polar surface area (TPSA) is 43.8 Å². The lowest BCUT2D eigenvalue weighted by molar-refractivity contribution is -0.136. The molecule has 0 radical (unpaired) electrons. The quantitative estimate of drug-likeness (QED) is 0.805. The maximum absolute atomic E-state index is 9.37. The van der Waals surface area contributed by atoms with Crippen LogP contribution in [0.15, 0.2) is 12.4 Å². The van der Waals surface area contributed by atoms with Crippen LogP contribution >= 0.6 is 0 Å². The average molecular weight is 242 g/mol. The Balaban J connectivity index is 0.000000437. The Morgan fingerprint density at radius 2 is 1.88 bits per heavy atom. The molecule has 4 nitrogen and oxygen atoms in total. The van der Waals surface area contributed by atoms with Crippen molar-refractivity contribution in [3.8, 4) is 0 Å². The second-order valence-electron chi connectivity index (χ2n) is 4.16. The van der Waals surface area contributed by atoms with Gasteiger partial charge in [-0.3, -0.25) is 4.79 Å². The normalized spacial score (nSPS) is 18.0. The number of carboxylic acid groups (broad SMARTS) is 1. The molecule has 1 atom stereocenters. The van der Waals surface area contributed by atoms with Gasteiger partial charge in [0.05, 0.1) is 0 Å². The van der Waals surface area contributed by atoms with E-state index < -0.39 is 5.97 Å². The average Bonchev–Trinajstić information content (AvgIpc) is 2.68. The largest absolute Gasteiger partial charge is 0.481 e. The van der Waals surface area contributed by atoms with Gasteiger partial charge < -0.3 is 14.9 Å². The highest BCUT2D eigenvalue weighted by Crippen LogP contribution is 2.18. The molecule has 1 aliphatic heterocycles. The summed E-state index contributed by atoms with van der Waals surface area (Å²) in [5.41, 5.74) is 0. The summed E-state index contributed by atoms with van der Waals surface area (Å²) in [5.74, 6) is -0.745. The maximum atomic E-state index is 9.37. The first kappa shape index (κ1) is 15.8. The van der Waals surface area contributed by atoms with Gasteiger partial charge in [-0.1, -0.05) is 20.3 Å². The highest BCUT2D eigenvalue weighted by molar-refractivity contribution is 5.66. The molecule has 1 aliphatic rings. The molecule has 0 saturated heterocycles. The van der Waals surface area contributed by atoms with Gasteiger partial charge in [0, 0.05) is 32.4 Å². The highest BCUT2D eigenvalue weighted by Gasteiger charge is 2.20. The molecular weight excluding hydrogens is 216 g/mol. The first-order valence-electron chi connectivity index (χ1n) is 6.44. The van der Waals surface area contributed by atoms with Gasteiger partial charge in [0.1, 0.15) is 6.17 Å². The van der Waals surface area contributed by atoms with Crippen LogP contribution in [-0.2, 0) is 4.79 Å². The van der Waals surface area contributed by atoms with Gasteiger partial charge in [0.15, 0.2) is 0 Å². The summed E-state index contributed by atoms with van der Waals surface area (Å²) >= 11 is 0. The summed E-state index contributed by atoms with van der Waals surface area (Å²) in [7, 11) is 2.16. The van der Waals surface area contributed by atoms with E-state index >= 15 is 0 Å². The van der Waals surface area contributed by atoms with E-state index in [4.69, 9.17) is 5.11 Å². The van der Waals surface area contributed by atoms with E-state index in [1.54, 1.807) is 6.92 Å². The van der Waals surface area contributed by atoms with Crippen LogP contribution < -0.4 is 0 Å². The second-order valence-corrected chi connectivity index (χ2v) is 4.16. The second kappa shape index (κ2) is 8.90. The molecule has 4 heteroatoms. The molecule has 100 valence electrons. The lowest BCUT2D eigenvalue weighted by Gasteiger charge is -2.29. The van der Waals surface area contributed by atoms with Crippen LogP contribution in [0.4, 0.5) is 0 Å². The van der Waals surface area contributed by atoms with Gasteiger partial charge >= 0.3 is 5.97 Å². The molecule has 0 aromatic carbocycles. The molecule has 0 spiro atoms. The molecule has 0 fully saturated rings. The van der Waals surface area contributed by atoms with E-state index in [-0.39, 0.29) is 6.42 Å². The minimum atomic E-state index is -0.745. The third-order valence-electron chi connectivity index (χ3n) is 2.83. The number of carboxylic acids is 1. The Morgan fingerprint density at radius 1 is 1.29 bits per heavy atom. The number of nitrogens with zero attached hydrogens (tertiary/aromatic N) is 2. The van der Waals surface area contributed by atoms with Gasteiger partial charge in [0.2, 0.25) is 0 Å². The number of hydrogen-bond acceptors (Lipinski definition) is 3. The lowest BCUT2D eigenvalue weighted by Crippen LogP contribution is -2.36. The molecular formula is C13H26N2O2. The highest BCUT2D eigenvalue weighted by atomic mass is 16.4. The van der Waals surface area contributed by atoms with Gasteiger partial charge in [-0.05, 0) is 19.8 Å². The van der Waals surface area contributed by atoms with E-state index in [1.165, 1.54) is 19.3 Å². The van der Waals surface area contributed by atoms with E-state index in [9.17, 15) is 4.79 Å². The monoisotopic (exact) mass is 242 g/mol. The Hall–Kier alpha value is -1.19. The maximum Gasteiger partial charge on any atom is 0.303 e. The summed E-state index contributed by atoms with van der Waals surface area (Å²) in [6, 6.07) is 0. The van der Waals surface area contributed by atoms with Crippen LogP contribution in [0.1, 0.15) is 46.5 Å². The van der Waals surface area contributed by atoms with Crippen molar-refractivity contribution < 1.29 is 9.90 Å². The van der Waals surface area contributed by atoms with E-state index in [0.29, 0.717) is 6.17 Å². The molecule has 0 amide bonds. The van der Waals surface area contributed by atoms with Crippen LogP contribution in [-0.4, -0.2) is 40.6 Å². The lowest BCUT2D eigenvalue weighted by atomic mass is 10.2. The Kier molecular flexibility index (Phi) is 8.28. The fourth-order valence-corrected chi connectivity index (χ4v) is 1.70. The third kappa shape index (κ3) is 6.19. The molecule has 0 aromatic heterocycles. The van der Waals surface area contributed by atoms with Crippen LogP contribution in [0.2, 0.25) is 0 Å². The zero-order valence-corrected chi connectivity index (χ0v) is 11.5. The number of aliphatic carboxylic acids is 1. The van der Waals surface area contributed by atoms with Crippen molar-refractivity contribution in [3.05, 3.63) is 12.4 Å². The predicted molar refractivity (Wildman–Crippen MR) is 70.5 cm³/mol. The first-order chi connectivity index (χ1) is 8.06. The summed E-state index contributed by atoms with van der Waals surface area (Å²) in [4.78, 5) is 14.1. The van der Waals surface area contributed by atoms with Gasteiger partial charge in [-0.2, -0.15) is 0 Å². The number of hydrogen-bond donors (Lipinski definition) is 1. The van der Waals surface area contributed by atoms with E-state index in [1.807, 2.05) is 0 Å². The molecule has 0 aliphatic carbocycles. The number of unbranched alkanes of at least 4 members (excludes halogenated alkanes) is 1. The minimum Gasteiger partial charge on any atom is -0.481 e. The van der Waals surface area contributed by atoms with Gasteiger partial charge in [0.25, 0.3) is 0 Å². The zero-order chi connectivity index (χ0) is 13.3. The fourth-order valence-electron chi connectivity index (χ4n) is 1.70. The molecule has 1 N–H and O–H groups in total.